The fourth-order valence-electron chi connectivity index (χ4n) is 7.60. The molecule has 0 saturated heterocycles. The van der Waals surface area contributed by atoms with E-state index in [-0.39, 0.29) is 12.0 Å². The Hall–Kier alpha value is -0.830. The molecule has 7 unspecified atom stereocenters. The Morgan fingerprint density at radius 3 is 2.81 bits per heavy atom. The highest BCUT2D eigenvalue weighted by molar-refractivity contribution is 5.73. The van der Waals surface area contributed by atoms with Gasteiger partial charge < -0.3 is 10.8 Å². The summed E-state index contributed by atoms with van der Waals surface area (Å²) in [5.41, 5.74) is 9.41. The van der Waals surface area contributed by atoms with E-state index < -0.39 is 0 Å². The van der Waals surface area contributed by atoms with Gasteiger partial charge in [0.15, 0.2) is 0 Å². The molecule has 3 N–H and O–H groups in total. The van der Waals surface area contributed by atoms with E-state index in [1.807, 2.05) is 11.1 Å². The van der Waals surface area contributed by atoms with E-state index in [9.17, 15) is 9.90 Å². The lowest BCUT2D eigenvalue weighted by molar-refractivity contribution is -0.118. The normalized spacial score (nSPS) is 43.4. The van der Waals surface area contributed by atoms with Crippen molar-refractivity contribution in [3.8, 4) is 0 Å². The van der Waals surface area contributed by atoms with Crippen LogP contribution in [-0.4, -0.2) is 17.1 Å². The van der Waals surface area contributed by atoms with Crippen LogP contribution in [0.4, 0.5) is 0 Å². The number of primary amides is 1. The highest BCUT2D eigenvalue weighted by Gasteiger charge is 2.51. The SMILES string of the molecule is CC(CCC(N)=O)C1CCC2=C3CCC4CC(O)CCC4C3CCC21C. The molecule has 0 aromatic carbocycles. The van der Waals surface area contributed by atoms with Crippen LogP contribution in [0.1, 0.15) is 84.5 Å². The number of allylic oxidation sites excluding steroid dienone is 2. The molecular weight excluding hydrogens is 322 g/mol. The van der Waals surface area contributed by atoms with Crippen LogP contribution in [-0.2, 0) is 4.79 Å². The summed E-state index contributed by atoms with van der Waals surface area (Å²) in [6.45, 7) is 4.87. The van der Waals surface area contributed by atoms with Gasteiger partial charge in [0.05, 0.1) is 6.10 Å². The number of aliphatic hydroxyl groups is 1. The van der Waals surface area contributed by atoms with E-state index in [2.05, 4.69) is 13.8 Å². The van der Waals surface area contributed by atoms with E-state index in [1.165, 1.54) is 44.9 Å². The first-order chi connectivity index (χ1) is 12.4. The number of aliphatic hydroxyl groups excluding tert-OH is 1. The maximum Gasteiger partial charge on any atom is 0.217 e. The molecule has 3 heteroatoms. The van der Waals surface area contributed by atoms with Gasteiger partial charge in [0, 0.05) is 6.42 Å². The van der Waals surface area contributed by atoms with Crippen LogP contribution in [0, 0.1) is 35.0 Å². The Kier molecular flexibility index (Phi) is 4.96. The topological polar surface area (TPSA) is 63.3 Å². The van der Waals surface area contributed by atoms with Crippen LogP contribution in [0.3, 0.4) is 0 Å². The van der Waals surface area contributed by atoms with Gasteiger partial charge in [0.2, 0.25) is 5.91 Å². The van der Waals surface area contributed by atoms with Crippen molar-refractivity contribution in [2.75, 3.05) is 0 Å². The van der Waals surface area contributed by atoms with Crippen molar-refractivity contribution in [3.63, 3.8) is 0 Å². The van der Waals surface area contributed by atoms with Gasteiger partial charge in [-0.2, -0.15) is 0 Å². The Morgan fingerprint density at radius 2 is 2.04 bits per heavy atom. The second-order valence-electron chi connectivity index (χ2n) is 10.1. The maximum absolute atomic E-state index is 11.2. The molecule has 7 atom stereocenters. The zero-order valence-electron chi connectivity index (χ0n) is 16.7. The molecule has 0 radical (unpaired) electrons. The van der Waals surface area contributed by atoms with Crippen LogP contribution in [0.15, 0.2) is 11.1 Å². The molecule has 26 heavy (non-hydrogen) atoms. The van der Waals surface area contributed by atoms with Gasteiger partial charge in [-0.3, -0.25) is 4.79 Å². The van der Waals surface area contributed by atoms with Crippen molar-refractivity contribution in [3.05, 3.63) is 11.1 Å². The minimum absolute atomic E-state index is 0.0405. The third-order valence-electron chi connectivity index (χ3n) is 8.87. The highest BCUT2D eigenvalue weighted by atomic mass is 16.3. The van der Waals surface area contributed by atoms with Crippen LogP contribution < -0.4 is 5.73 Å². The summed E-state index contributed by atoms with van der Waals surface area (Å²) in [6.07, 6.45) is 12.6. The quantitative estimate of drug-likeness (QED) is 0.722. The molecule has 0 aromatic rings. The van der Waals surface area contributed by atoms with Gasteiger partial charge in [0.1, 0.15) is 0 Å². The second kappa shape index (κ2) is 6.96. The van der Waals surface area contributed by atoms with Crippen LogP contribution in [0.25, 0.3) is 0 Å². The average Bonchev–Trinajstić information content (AvgIpc) is 2.96. The summed E-state index contributed by atoms with van der Waals surface area (Å²) in [4.78, 5) is 11.2. The summed E-state index contributed by atoms with van der Waals surface area (Å²) in [5, 5.41) is 10.1. The Balaban J connectivity index is 1.55. The largest absolute Gasteiger partial charge is 0.393 e. The Morgan fingerprint density at radius 1 is 1.23 bits per heavy atom. The number of carbonyl (C=O) groups is 1. The molecule has 0 spiro atoms. The lowest BCUT2D eigenvalue weighted by Crippen LogP contribution is -2.41. The van der Waals surface area contributed by atoms with Crippen molar-refractivity contribution >= 4 is 5.91 Å². The summed E-state index contributed by atoms with van der Waals surface area (Å²) in [7, 11) is 0. The monoisotopic (exact) mass is 359 g/mol. The molecule has 4 aliphatic carbocycles. The zero-order chi connectivity index (χ0) is 18.5. The predicted molar refractivity (Wildman–Crippen MR) is 104 cm³/mol. The lowest BCUT2D eigenvalue weighted by atomic mass is 9.54. The highest BCUT2D eigenvalue weighted by Crippen LogP contribution is 2.62. The molecule has 4 aliphatic rings. The first-order valence-electron chi connectivity index (χ1n) is 11.1. The van der Waals surface area contributed by atoms with Crippen LogP contribution >= 0.6 is 0 Å². The van der Waals surface area contributed by atoms with Crippen LogP contribution in [0.5, 0.6) is 0 Å². The van der Waals surface area contributed by atoms with Gasteiger partial charge in [-0.25, -0.2) is 0 Å². The Labute approximate surface area is 158 Å². The first-order valence-corrected chi connectivity index (χ1v) is 11.1. The molecule has 146 valence electrons. The first kappa shape index (κ1) is 18.5. The number of rotatable bonds is 4. The van der Waals surface area contributed by atoms with Crippen molar-refractivity contribution < 1.29 is 9.90 Å². The van der Waals surface area contributed by atoms with Crippen molar-refractivity contribution in [2.24, 2.45) is 40.7 Å². The Bertz CT molecular complexity index is 597. The van der Waals surface area contributed by atoms with E-state index in [0.29, 0.717) is 17.8 Å². The fourth-order valence-corrected chi connectivity index (χ4v) is 7.60. The third-order valence-corrected chi connectivity index (χ3v) is 8.87. The van der Waals surface area contributed by atoms with E-state index in [0.717, 1.165) is 42.9 Å². The van der Waals surface area contributed by atoms with Crippen LogP contribution in [0.2, 0.25) is 0 Å². The van der Waals surface area contributed by atoms with Gasteiger partial charge in [-0.1, -0.05) is 25.0 Å². The molecule has 0 heterocycles. The molecule has 3 nitrogen and oxygen atoms in total. The lowest BCUT2D eigenvalue weighted by Gasteiger charge is -2.51. The van der Waals surface area contributed by atoms with Gasteiger partial charge in [0.25, 0.3) is 0 Å². The number of fused-ring (bicyclic) bond motifs is 4. The van der Waals surface area contributed by atoms with Crippen molar-refractivity contribution in [2.45, 2.75) is 90.6 Å². The number of nitrogens with two attached hydrogens (primary N) is 1. The standard InChI is InChI=1S/C23H37NO2/c1-14(3-10-22(24)26)20-8-9-21-19-6-4-15-13-16(25)5-7-17(15)18(19)11-12-23(20,21)2/h14-18,20,25H,3-13H2,1-2H3,(H2,24,26). The molecule has 3 saturated carbocycles. The molecular formula is C23H37NO2. The van der Waals surface area contributed by atoms with Crippen molar-refractivity contribution in [1.82, 2.24) is 0 Å². The molecule has 4 rings (SSSR count). The fraction of sp³-hybridized carbons (Fsp3) is 0.870. The molecule has 0 bridgehead atoms. The third kappa shape index (κ3) is 3.04. The van der Waals surface area contributed by atoms with E-state index >= 15 is 0 Å². The summed E-state index contributed by atoms with van der Waals surface area (Å²) in [6, 6.07) is 0. The van der Waals surface area contributed by atoms with E-state index in [1.54, 1.807) is 0 Å². The average molecular weight is 360 g/mol. The summed E-state index contributed by atoms with van der Waals surface area (Å²) in [5.74, 6) is 3.57. The predicted octanol–water partition coefficient (Wildman–Crippen LogP) is 4.58. The number of carbonyl (C=O) groups excluding carboxylic acids is 1. The van der Waals surface area contributed by atoms with Gasteiger partial charge in [-0.05, 0) is 99.2 Å². The molecule has 3 fully saturated rings. The minimum atomic E-state index is -0.153. The molecule has 1 amide bonds. The maximum atomic E-state index is 11.2. The van der Waals surface area contributed by atoms with E-state index in [4.69, 9.17) is 5.73 Å². The van der Waals surface area contributed by atoms with Crippen molar-refractivity contribution in [1.29, 1.82) is 0 Å². The van der Waals surface area contributed by atoms with Gasteiger partial charge in [-0.15, -0.1) is 0 Å². The minimum Gasteiger partial charge on any atom is -0.393 e. The smallest absolute Gasteiger partial charge is 0.217 e. The number of hydrogen-bond donors (Lipinski definition) is 2. The summed E-state index contributed by atoms with van der Waals surface area (Å²) < 4.78 is 0. The van der Waals surface area contributed by atoms with Gasteiger partial charge >= 0.3 is 0 Å². The second-order valence-corrected chi connectivity index (χ2v) is 10.1. The number of amides is 1. The summed E-state index contributed by atoms with van der Waals surface area (Å²) >= 11 is 0. The molecule has 0 aliphatic heterocycles. The molecule has 0 aromatic heterocycles. The zero-order valence-corrected chi connectivity index (χ0v) is 16.7. The number of hydrogen-bond acceptors (Lipinski definition) is 2.